The minimum Gasteiger partial charge on any atom is -0.497 e. The molecular weight excluding hydrogens is 348 g/mol. The van der Waals surface area contributed by atoms with Crippen molar-refractivity contribution in [3.05, 3.63) is 53.5 Å². The molecule has 0 spiro atoms. The zero-order valence-electron chi connectivity index (χ0n) is 17.2. The van der Waals surface area contributed by atoms with Gasteiger partial charge in [-0.3, -0.25) is 4.90 Å². The molecule has 1 aromatic carbocycles. The standard InChI is InChI=1S/C23H30N4O/c1-4-5-18-11-13-26(14-18)16-20-10-12-24-23-22(20)25-17(2)27(23)15-19-6-8-21(28-3)9-7-19/h6-10,12,18H,4-5,11,13-16H2,1-3H3. The van der Waals surface area contributed by atoms with Gasteiger partial charge in [0.1, 0.15) is 17.1 Å². The lowest BCUT2D eigenvalue weighted by atomic mass is 10.0. The number of likely N-dealkylation sites (tertiary alicyclic amines) is 1. The van der Waals surface area contributed by atoms with Crippen molar-refractivity contribution in [2.24, 2.45) is 5.92 Å². The van der Waals surface area contributed by atoms with E-state index in [0.717, 1.165) is 41.7 Å². The van der Waals surface area contributed by atoms with Gasteiger partial charge < -0.3 is 9.30 Å². The molecule has 0 aliphatic carbocycles. The fraction of sp³-hybridized carbons (Fsp3) is 0.478. The Morgan fingerprint density at radius 2 is 1.96 bits per heavy atom. The van der Waals surface area contributed by atoms with Crippen LogP contribution in [0.25, 0.3) is 11.2 Å². The van der Waals surface area contributed by atoms with E-state index in [2.05, 4.69) is 46.5 Å². The van der Waals surface area contributed by atoms with Crippen molar-refractivity contribution >= 4 is 11.2 Å². The number of aromatic nitrogens is 3. The van der Waals surface area contributed by atoms with E-state index in [0.29, 0.717) is 0 Å². The number of aryl methyl sites for hydroxylation is 1. The molecule has 1 atom stereocenters. The summed E-state index contributed by atoms with van der Waals surface area (Å²) >= 11 is 0. The third-order valence-corrected chi connectivity index (χ3v) is 5.87. The predicted octanol–water partition coefficient (Wildman–Crippen LogP) is 4.42. The lowest BCUT2D eigenvalue weighted by Crippen LogP contribution is -2.20. The van der Waals surface area contributed by atoms with Gasteiger partial charge in [-0.1, -0.05) is 25.5 Å². The first kappa shape index (κ1) is 18.9. The maximum atomic E-state index is 5.26. The zero-order chi connectivity index (χ0) is 19.5. The van der Waals surface area contributed by atoms with Crippen LogP contribution in [0.15, 0.2) is 36.5 Å². The molecule has 0 bridgehead atoms. The maximum Gasteiger partial charge on any atom is 0.160 e. The molecule has 0 N–H and O–H groups in total. The van der Waals surface area contributed by atoms with Gasteiger partial charge in [0.2, 0.25) is 0 Å². The summed E-state index contributed by atoms with van der Waals surface area (Å²) in [5.41, 5.74) is 4.54. The Bertz CT molecular complexity index is 932. The van der Waals surface area contributed by atoms with Crippen molar-refractivity contribution in [3.8, 4) is 5.75 Å². The molecule has 5 nitrogen and oxygen atoms in total. The van der Waals surface area contributed by atoms with Crippen LogP contribution in [0.1, 0.15) is 43.1 Å². The van der Waals surface area contributed by atoms with Crippen LogP contribution in [0.4, 0.5) is 0 Å². The third kappa shape index (κ3) is 3.90. The highest BCUT2D eigenvalue weighted by atomic mass is 16.5. The van der Waals surface area contributed by atoms with E-state index < -0.39 is 0 Å². The average molecular weight is 379 g/mol. The summed E-state index contributed by atoms with van der Waals surface area (Å²) in [5.74, 6) is 2.75. The number of benzene rings is 1. The molecule has 28 heavy (non-hydrogen) atoms. The summed E-state index contributed by atoms with van der Waals surface area (Å²) in [6.07, 6.45) is 5.89. The van der Waals surface area contributed by atoms with Crippen molar-refractivity contribution in [1.82, 2.24) is 19.4 Å². The molecule has 1 fully saturated rings. The van der Waals surface area contributed by atoms with Crippen LogP contribution in [0, 0.1) is 12.8 Å². The van der Waals surface area contributed by atoms with Gasteiger partial charge in [-0.2, -0.15) is 0 Å². The Kier molecular flexibility index (Phi) is 5.62. The van der Waals surface area contributed by atoms with Gasteiger partial charge in [-0.25, -0.2) is 9.97 Å². The first-order valence-electron chi connectivity index (χ1n) is 10.3. The molecule has 3 heterocycles. The Morgan fingerprint density at radius 1 is 1.14 bits per heavy atom. The number of imidazole rings is 1. The van der Waals surface area contributed by atoms with Crippen LogP contribution < -0.4 is 4.74 Å². The lowest BCUT2D eigenvalue weighted by molar-refractivity contribution is 0.314. The smallest absolute Gasteiger partial charge is 0.160 e. The minimum atomic E-state index is 0.769. The van der Waals surface area contributed by atoms with Crippen LogP contribution in [-0.4, -0.2) is 39.6 Å². The normalized spacial score (nSPS) is 17.5. The van der Waals surface area contributed by atoms with E-state index in [1.54, 1.807) is 7.11 Å². The molecule has 0 amide bonds. The Balaban J connectivity index is 1.56. The summed E-state index contributed by atoms with van der Waals surface area (Å²) in [5, 5.41) is 0. The third-order valence-electron chi connectivity index (χ3n) is 5.87. The highest BCUT2D eigenvalue weighted by molar-refractivity contribution is 5.75. The van der Waals surface area contributed by atoms with Gasteiger partial charge in [0.15, 0.2) is 5.65 Å². The van der Waals surface area contributed by atoms with Gasteiger partial charge in [0.05, 0.1) is 13.7 Å². The summed E-state index contributed by atoms with van der Waals surface area (Å²) in [6, 6.07) is 10.4. The molecule has 1 saturated heterocycles. The van der Waals surface area contributed by atoms with Crippen molar-refractivity contribution in [1.29, 1.82) is 0 Å². The van der Waals surface area contributed by atoms with Crippen LogP contribution in [-0.2, 0) is 13.1 Å². The number of rotatable bonds is 7. The number of fused-ring (bicyclic) bond motifs is 1. The number of ether oxygens (including phenoxy) is 1. The summed E-state index contributed by atoms with van der Waals surface area (Å²) < 4.78 is 7.48. The van der Waals surface area contributed by atoms with Crippen LogP contribution in [0.5, 0.6) is 5.75 Å². The highest BCUT2D eigenvalue weighted by Crippen LogP contribution is 2.25. The quantitative estimate of drug-likeness (QED) is 0.610. The fourth-order valence-electron chi connectivity index (χ4n) is 4.35. The van der Waals surface area contributed by atoms with Crippen molar-refractivity contribution in [2.45, 2.75) is 46.2 Å². The number of hydrogen-bond acceptors (Lipinski definition) is 4. The molecule has 3 aromatic rings. The largest absolute Gasteiger partial charge is 0.497 e. The topological polar surface area (TPSA) is 43.2 Å². The van der Waals surface area contributed by atoms with Gasteiger partial charge in [0.25, 0.3) is 0 Å². The minimum absolute atomic E-state index is 0.769. The van der Waals surface area contributed by atoms with Crippen LogP contribution in [0.3, 0.4) is 0 Å². The van der Waals surface area contributed by atoms with Gasteiger partial charge in [0, 0.05) is 19.3 Å². The lowest BCUT2D eigenvalue weighted by Gasteiger charge is -2.16. The van der Waals surface area contributed by atoms with E-state index in [9.17, 15) is 0 Å². The first-order valence-corrected chi connectivity index (χ1v) is 10.3. The second kappa shape index (κ2) is 8.31. The van der Waals surface area contributed by atoms with Crippen molar-refractivity contribution < 1.29 is 4.74 Å². The number of nitrogens with zero attached hydrogens (tertiary/aromatic N) is 4. The number of methoxy groups -OCH3 is 1. The van der Waals surface area contributed by atoms with Crippen LogP contribution >= 0.6 is 0 Å². The summed E-state index contributed by atoms with van der Waals surface area (Å²) in [6.45, 7) is 8.50. The summed E-state index contributed by atoms with van der Waals surface area (Å²) in [4.78, 5) is 12.1. The zero-order valence-corrected chi connectivity index (χ0v) is 17.2. The molecule has 1 unspecified atom stereocenters. The second-order valence-corrected chi connectivity index (χ2v) is 7.91. The highest BCUT2D eigenvalue weighted by Gasteiger charge is 2.23. The molecule has 148 valence electrons. The molecule has 1 aliphatic heterocycles. The maximum absolute atomic E-state index is 5.26. The molecular formula is C23H30N4O. The van der Waals surface area contributed by atoms with Gasteiger partial charge >= 0.3 is 0 Å². The predicted molar refractivity (Wildman–Crippen MR) is 113 cm³/mol. The van der Waals surface area contributed by atoms with E-state index in [4.69, 9.17) is 9.72 Å². The van der Waals surface area contributed by atoms with E-state index in [1.807, 2.05) is 18.3 Å². The monoisotopic (exact) mass is 378 g/mol. The Hall–Kier alpha value is -2.40. The number of pyridine rings is 1. The van der Waals surface area contributed by atoms with E-state index in [-0.39, 0.29) is 0 Å². The molecule has 4 rings (SSSR count). The number of hydrogen-bond donors (Lipinski definition) is 0. The second-order valence-electron chi connectivity index (χ2n) is 7.91. The SMILES string of the molecule is CCCC1CCN(Cc2ccnc3c2nc(C)n3Cc2ccc(OC)cc2)C1. The Labute approximate surface area is 167 Å². The Morgan fingerprint density at radius 3 is 2.71 bits per heavy atom. The molecule has 1 aliphatic rings. The van der Waals surface area contributed by atoms with Gasteiger partial charge in [-0.15, -0.1) is 0 Å². The van der Waals surface area contributed by atoms with E-state index >= 15 is 0 Å². The van der Waals surface area contributed by atoms with Crippen molar-refractivity contribution in [3.63, 3.8) is 0 Å². The molecule has 5 heteroatoms. The van der Waals surface area contributed by atoms with Gasteiger partial charge in [-0.05, 0) is 61.6 Å². The fourth-order valence-corrected chi connectivity index (χ4v) is 4.35. The first-order chi connectivity index (χ1) is 13.7. The summed E-state index contributed by atoms with van der Waals surface area (Å²) in [7, 11) is 1.69. The van der Waals surface area contributed by atoms with Crippen LogP contribution in [0.2, 0.25) is 0 Å². The van der Waals surface area contributed by atoms with Crippen molar-refractivity contribution in [2.75, 3.05) is 20.2 Å². The molecule has 2 aromatic heterocycles. The molecule has 0 radical (unpaired) electrons. The van der Waals surface area contributed by atoms with E-state index in [1.165, 1.54) is 43.5 Å². The average Bonchev–Trinajstić information content (AvgIpc) is 3.28. The molecule has 0 saturated carbocycles.